The van der Waals surface area contributed by atoms with Crippen LogP contribution in [0.3, 0.4) is 0 Å². The van der Waals surface area contributed by atoms with Gasteiger partial charge in [-0.1, -0.05) is 19.9 Å². The number of anilines is 1. The van der Waals surface area contributed by atoms with Gasteiger partial charge in [-0.2, -0.15) is 0 Å². The molecule has 1 aromatic heterocycles. The van der Waals surface area contributed by atoms with Gasteiger partial charge < -0.3 is 15.0 Å². The number of imidazole rings is 1. The highest BCUT2D eigenvalue weighted by molar-refractivity contribution is 7.91. The number of rotatable bonds is 7. The number of nitrogens with two attached hydrogens (primary N) is 1. The molecule has 0 aliphatic heterocycles. The number of hydrogen-bond donors (Lipinski definition) is 1. The Morgan fingerprint density at radius 3 is 2.76 bits per heavy atom. The van der Waals surface area contributed by atoms with Crippen molar-refractivity contribution in [2.75, 3.05) is 23.8 Å². The summed E-state index contributed by atoms with van der Waals surface area (Å²) in [6, 6.07) is 5.58. The molecule has 2 N–H and O–H groups in total. The highest BCUT2D eigenvalue weighted by Gasteiger charge is 2.15. The summed E-state index contributed by atoms with van der Waals surface area (Å²) in [7, 11) is -3.04. The van der Waals surface area contributed by atoms with Crippen LogP contribution in [-0.2, 0) is 16.4 Å². The van der Waals surface area contributed by atoms with Crippen LogP contribution in [0.15, 0.2) is 18.2 Å². The number of para-hydroxylation sites is 1. The standard InChI is InChI=1S/C14H21N3O3S/c1-3-9-20-12-7-5-6-11-13(12)16-14(15)17(11)8-10-21(18,19)4-2/h5-7H,3-4,8-10H2,1-2H3,(H2,15,16). The Labute approximate surface area is 124 Å². The van der Waals surface area contributed by atoms with Gasteiger partial charge in [0.25, 0.3) is 0 Å². The van der Waals surface area contributed by atoms with Crippen molar-refractivity contribution < 1.29 is 13.2 Å². The van der Waals surface area contributed by atoms with Crippen LogP contribution in [-0.4, -0.2) is 36.1 Å². The van der Waals surface area contributed by atoms with E-state index >= 15 is 0 Å². The summed E-state index contributed by atoms with van der Waals surface area (Å²) in [5.41, 5.74) is 7.40. The van der Waals surface area contributed by atoms with E-state index in [0.29, 0.717) is 30.4 Å². The van der Waals surface area contributed by atoms with Crippen LogP contribution in [0, 0.1) is 0 Å². The first-order chi connectivity index (χ1) is 9.98. The van der Waals surface area contributed by atoms with E-state index in [1.807, 2.05) is 25.1 Å². The third-order valence-electron chi connectivity index (χ3n) is 3.30. The predicted octanol–water partition coefficient (Wildman–Crippen LogP) is 1.84. The molecular formula is C14H21N3O3S. The molecule has 116 valence electrons. The van der Waals surface area contributed by atoms with Gasteiger partial charge in [0.15, 0.2) is 9.84 Å². The van der Waals surface area contributed by atoms with Gasteiger partial charge in [-0.15, -0.1) is 0 Å². The largest absolute Gasteiger partial charge is 0.491 e. The molecule has 1 aromatic carbocycles. The second-order valence-electron chi connectivity index (χ2n) is 4.83. The van der Waals surface area contributed by atoms with Crippen molar-refractivity contribution in [1.82, 2.24) is 9.55 Å². The molecule has 0 atom stereocenters. The number of ether oxygens (including phenoxy) is 1. The molecule has 6 nitrogen and oxygen atoms in total. The minimum Gasteiger partial charge on any atom is -0.491 e. The number of aryl methyl sites for hydroxylation is 1. The second-order valence-corrected chi connectivity index (χ2v) is 7.30. The lowest BCUT2D eigenvalue weighted by Gasteiger charge is -2.07. The number of benzene rings is 1. The highest BCUT2D eigenvalue weighted by atomic mass is 32.2. The van der Waals surface area contributed by atoms with Crippen molar-refractivity contribution in [3.05, 3.63) is 18.2 Å². The smallest absolute Gasteiger partial charge is 0.201 e. The molecule has 21 heavy (non-hydrogen) atoms. The first kappa shape index (κ1) is 15.6. The third-order valence-corrected chi connectivity index (χ3v) is 4.98. The van der Waals surface area contributed by atoms with E-state index < -0.39 is 9.84 Å². The van der Waals surface area contributed by atoms with Crippen LogP contribution in [0.1, 0.15) is 20.3 Å². The number of aromatic nitrogens is 2. The highest BCUT2D eigenvalue weighted by Crippen LogP contribution is 2.27. The van der Waals surface area contributed by atoms with Gasteiger partial charge in [0, 0.05) is 12.3 Å². The second kappa shape index (κ2) is 6.34. The minimum atomic E-state index is -3.04. The van der Waals surface area contributed by atoms with Gasteiger partial charge in [0.05, 0.1) is 17.9 Å². The topological polar surface area (TPSA) is 87.2 Å². The van der Waals surface area contributed by atoms with Crippen LogP contribution >= 0.6 is 0 Å². The first-order valence-corrected chi connectivity index (χ1v) is 8.88. The fourth-order valence-corrected chi connectivity index (χ4v) is 2.83. The Morgan fingerprint density at radius 2 is 2.10 bits per heavy atom. The zero-order chi connectivity index (χ0) is 15.5. The van der Waals surface area contributed by atoms with Crippen LogP contribution in [0.25, 0.3) is 11.0 Å². The Bertz CT molecular complexity index is 722. The van der Waals surface area contributed by atoms with E-state index in [-0.39, 0.29) is 11.5 Å². The maximum atomic E-state index is 11.7. The van der Waals surface area contributed by atoms with Gasteiger partial charge in [-0.3, -0.25) is 0 Å². The molecule has 0 amide bonds. The van der Waals surface area contributed by atoms with Crippen LogP contribution < -0.4 is 10.5 Å². The fraction of sp³-hybridized carbons (Fsp3) is 0.500. The maximum Gasteiger partial charge on any atom is 0.201 e. The summed E-state index contributed by atoms with van der Waals surface area (Å²) in [5, 5.41) is 0. The average molecular weight is 311 g/mol. The summed E-state index contributed by atoms with van der Waals surface area (Å²) >= 11 is 0. The quantitative estimate of drug-likeness (QED) is 0.843. The monoisotopic (exact) mass is 311 g/mol. The molecular weight excluding hydrogens is 290 g/mol. The van der Waals surface area contributed by atoms with E-state index in [1.54, 1.807) is 11.5 Å². The zero-order valence-electron chi connectivity index (χ0n) is 12.4. The van der Waals surface area contributed by atoms with E-state index in [9.17, 15) is 8.42 Å². The molecule has 0 aliphatic carbocycles. The molecule has 0 saturated heterocycles. The van der Waals surface area contributed by atoms with E-state index in [0.717, 1.165) is 11.9 Å². The van der Waals surface area contributed by atoms with Gasteiger partial charge in [0.2, 0.25) is 5.95 Å². The Balaban J connectivity index is 2.34. The van der Waals surface area contributed by atoms with Crippen molar-refractivity contribution in [1.29, 1.82) is 0 Å². The lowest BCUT2D eigenvalue weighted by Crippen LogP contribution is -2.15. The Hall–Kier alpha value is -1.76. The molecule has 2 rings (SSSR count). The van der Waals surface area contributed by atoms with Crippen molar-refractivity contribution in [2.24, 2.45) is 0 Å². The maximum absolute atomic E-state index is 11.7. The molecule has 0 saturated carbocycles. The predicted molar refractivity (Wildman–Crippen MR) is 84.3 cm³/mol. The summed E-state index contributed by atoms with van der Waals surface area (Å²) in [6.07, 6.45) is 0.904. The number of nitrogens with zero attached hydrogens (tertiary/aromatic N) is 2. The lowest BCUT2D eigenvalue weighted by atomic mass is 10.3. The minimum absolute atomic E-state index is 0.0548. The number of sulfone groups is 1. The normalized spacial score (nSPS) is 11.9. The van der Waals surface area contributed by atoms with Crippen LogP contribution in [0.5, 0.6) is 5.75 Å². The summed E-state index contributed by atoms with van der Waals surface area (Å²) in [5.74, 6) is 1.17. The lowest BCUT2D eigenvalue weighted by molar-refractivity contribution is 0.320. The van der Waals surface area contributed by atoms with Gasteiger partial charge >= 0.3 is 0 Å². The van der Waals surface area contributed by atoms with Crippen LogP contribution in [0.2, 0.25) is 0 Å². The number of fused-ring (bicyclic) bond motifs is 1. The molecule has 0 radical (unpaired) electrons. The SMILES string of the molecule is CCCOc1cccc2c1nc(N)n2CCS(=O)(=O)CC. The number of nitrogen functional groups attached to an aromatic ring is 1. The van der Waals surface area contributed by atoms with E-state index in [2.05, 4.69) is 4.98 Å². The molecule has 0 aliphatic rings. The fourth-order valence-electron chi connectivity index (χ4n) is 2.08. The molecule has 2 aromatic rings. The van der Waals surface area contributed by atoms with Gasteiger partial charge in [-0.05, 0) is 18.6 Å². The van der Waals surface area contributed by atoms with E-state index in [4.69, 9.17) is 10.5 Å². The summed E-state index contributed by atoms with van der Waals surface area (Å²) < 4.78 is 30.7. The Kier molecular flexibility index (Phi) is 4.72. The number of hydrogen-bond acceptors (Lipinski definition) is 5. The molecule has 0 spiro atoms. The molecule has 0 bridgehead atoms. The van der Waals surface area contributed by atoms with Gasteiger partial charge in [-0.25, -0.2) is 13.4 Å². The summed E-state index contributed by atoms with van der Waals surface area (Å²) in [6.45, 7) is 4.58. The molecule has 7 heteroatoms. The van der Waals surface area contributed by atoms with Gasteiger partial charge in [0.1, 0.15) is 11.3 Å². The van der Waals surface area contributed by atoms with Crippen LogP contribution in [0.4, 0.5) is 5.95 Å². The van der Waals surface area contributed by atoms with Crippen molar-refractivity contribution >= 4 is 26.8 Å². The average Bonchev–Trinajstić information content (AvgIpc) is 2.79. The van der Waals surface area contributed by atoms with Crippen molar-refractivity contribution in [3.8, 4) is 5.75 Å². The molecule has 0 unspecified atom stereocenters. The Morgan fingerprint density at radius 1 is 1.33 bits per heavy atom. The zero-order valence-corrected chi connectivity index (χ0v) is 13.2. The van der Waals surface area contributed by atoms with E-state index in [1.165, 1.54) is 0 Å². The molecule has 0 fully saturated rings. The first-order valence-electron chi connectivity index (χ1n) is 7.06. The summed E-state index contributed by atoms with van der Waals surface area (Å²) in [4.78, 5) is 4.31. The van der Waals surface area contributed by atoms with Crippen molar-refractivity contribution in [3.63, 3.8) is 0 Å². The molecule has 1 heterocycles. The van der Waals surface area contributed by atoms with Crippen molar-refractivity contribution in [2.45, 2.75) is 26.8 Å². The third kappa shape index (κ3) is 3.47.